The summed E-state index contributed by atoms with van der Waals surface area (Å²) in [6.45, 7) is 2.77. The molecule has 1 aliphatic rings. The maximum absolute atomic E-state index is 11.3. The number of nitrogens with two attached hydrogens (primary N) is 1. The first kappa shape index (κ1) is 17.5. The molecule has 0 aromatic carbocycles. The van der Waals surface area contributed by atoms with Crippen LogP contribution in [0.15, 0.2) is 51.8 Å². The largest absolute Gasteiger partial charge is 0.326 e. The van der Waals surface area contributed by atoms with Crippen molar-refractivity contribution in [3.63, 3.8) is 0 Å². The Labute approximate surface area is 153 Å². The summed E-state index contributed by atoms with van der Waals surface area (Å²) in [6, 6.07) is 9.55. The molecule has 2 N–H and O–H groups in total. The Morgan fingerprint density at radius 3 is 2.72 bits per heavy atom. The Morgan fingerprint density at radius 1 is 1.20 bits per heavy atom. The molecule has 3 aromatic rings. The second kappa shape index (κ2) is 8.15. The number of carbonyl (C=O) groups excluding carboxylic acids is 1. The van der Waals surface area contributed by atoms with Crippen LogP contribution in [0.1, 0.15) is 16.1 Å². The van der Waals surface area contributed by atoms with E-state index >= 15 is 0 Å². The number of hydrogen-bond acceptors (Lipinski definition) is 6. The number of pyridine rings is 2. The number of aliphatic imine (C=N–C) groups is 1. The van der Waals surface area contributed by atoms with Gasteiger partial charge in [0, 0.05) is 17.6 Å². The van der Waals surface area contributed by atoms with Crippen molar-refractivity contribution in [1.82, 2.24) is 9.97 Å². The van der Waals surface area contributed by atoms with E-state index in [0.717, 1.165) is 16.7 Å². The molecule has 4 rings (SSSR count). The molecule has 126 valence electrons. The van der Waals surface area contributed by atoms with Gasteiger partial charge < -0.3 is 5.73 Å². The average molecular weight is 368 g/mol. The molecule has 0 saturated heterocycles. The van der Waals surface area contributed by atoms with Crippen molar-refractivity contribution in [2.24, 2.45) is 10.7 Å². The van der Waals surface area contributed by atoms with Gasteiger partial charge in [-0.1, -0.05) is 11.8 Å². The van der Waals surface area contributed by atoms with Gasteiger partial charge in [0.15, 0.2) is 0 Å². The van der Waals surface area contributed by atoms with E-state index in [4.69, 9.17) is 5.73 Å². The molecule has 4 heterocycles. The van der Waals surface area contributed by atoms with E-state index in [9.17, 15) is 4.79 Å². The second-order valence-electron chi connectivity index (χ2n) is 5.17. The summed E-state index contributed by atoms with van der Waals surface area (Å²) in [5, 5.41) is 2.07. The summed E-state index contributed by atoms with van der Waals surface area (Å²) in [7, 11) is 0. The highest BCUT2D eigenvalue weighted by atomic mass is 32.2. The number of rotatable bonds is 2. The Bertz CT molecular complexity index is 962. The van der Waals surface area contributed by atoms with Gasteiger partial charge in [-0.25, -0.2) is 9.98 Å². The number of aromatic nitrogens is 2. The molecule has 0 fully saturated rings. The van der Waals surface area contributed by atoms with Crippen LogP contribution in [0.2, 0.25) is 0 Å². The molecule has 0 saturated carbocycles. The number of thioether (sulfide) groups is 1. The summed E-state index contributed by atoms with van der Waals surface area (Å²) in [4.78, 5) is 25.5. The van der Waals surface area contributed by atoms with Gasteiger partial charge >= 0.3 is 0 Å². The van der Waals surface area contributed by atoms with Crippen LogP contribution >= 0.6 is 23.1 Å². The Balaban J connectivity index is 0.000000192. The zero-order chi connectivity index (χ0) is 17.6. The summed E-state index contributed by atoms with van der Waals surface area (Å²) in [5.74, 6) is -0.205. The van der Waals surface area contributed by atoms with Gasteiger partial charge in [-0.05, 0) is 54.3 Å². The topological polar surface area (TPSA) is 81.2 Å². The zero-order valence-corrected chi connectivity index (χ0v) is 15.2. The van der Waals surface area contributed by atoms with Crippen molar-refractivity contribution < 1.29 is 4.79 Å². The van der Waals surface area contributed by atoms with Gasteiger partial charge in [0.25, 0.3) is 5.91 Å². The first-order valence-electron chi connectivity index (χ1n) is 7.57. The highest BCUT2D eigenvalue weighted by molar-refractivity contribution is 8.16. The van der Waals surface area contributed by atoms with Gasteiger partial charge in [0.2, 0.25) is 0 Å². The standard InChI is InChI=1S/C12H7N3OS.C6H9NS/c16-12-11(17-7-14-12)6-8-3-4-9-10(15-8)2-1-5-13-9;1-5-2-3-8-6(5)4-7/h1-7H;2-3H,4,7H2,1H3/b11-6-;. The lowest BCUT2D eigenvalue weighted by Crippen LogP contribution is -1.93. The fourth-order valence-electron chi connectivity index (χ4n) is 2.14. The van der Waals surface area contributed by atoms with E-state index in [1.807, 2.05) is 24.3 Å². The molecule has 3 aromatic heterocycles. The van der Waals surface area contributed by atoms with Crippen LogP contribution in [-0.4, -0.2) is 21.4 Å². The average Bonchev–Trinajstić information content (AvgIpc) is 3.23. The van der Waals surface area contributed by atoms with Crippen molar-refractivity contribution in [1.29, 1.82) is 0 Å². The van der Waals surface area contributed by atoms with Gasteiger partial charge in [-0.3, -0.25) is 9.78 Å². The maximum atomic E-state index is 11.3. The lowest BCUT2D eigenvalue weighted by atomic mass is 10.2. The SMILES string of the molecule is Cc1ccsc1CN.O=C1N=CS/C1=C\c1ccc2ncccc2n1. The molecule has 0 spiro atoms. The van der Waals surface area contributed by atoms with Crippen LogP contribution in [0.25, 0.3) is 17.1 Å². The Morgan fingerprint density at radius 2 is 2.08 bits per heavy atom. The minimum absolute atomic E-state index is 0.205. The van der Waals surface area contributed by atoms with E-state index < -0.39 is 0 Å². The van der Waals surface area contributed by atoms with Crippen LogP contribution in [0.3, 0.4) is 0 Å². The Kier molecular flexibility index (Phi) is 5.70. The van der Waals surface area contributed by atoms with Crippen molar-refractivity contribution in [2.45, 2.75) is 13.5 Å². The molecule has 1 aliphatic heterocycles. The molecule has 0 atom stereocenters. The Hall–Kier alpha value is -2.35. The molecule has 5 nitrogen and oxygen atoms in total. The van der Waals surface area contributed by atoms with Crippen LogP contribution in [0, 0.1) is 6.92 Å². The van der Waals surface area contributed by atoms with Gasteiger partial charge in [-0.15, -0.1) is 11.3 Å². The molecule has 7 heteroatoms. The van der Waals surface area contributed by atoms with Crippen molar-refractivity contribution in [3.05, 3.63) is 62.9 Å². The predicted octanol–water partition coefficient (Wildman–Crippen LogP) is 3.79. The number of hydrogen-bond donors (Lipinski definition) is 1. The monoisotopic (exact) mass is 368 g/mol. The molecular weight excluding hydrogens is 352 g/mol. The van der Waals surface area contributed by atoms with Crippen molar-refractivity contribution in [2.75, 3.05) is 0 Å². The first-order chi connectivity index (χ1) is 12.2. The lowest BCUT2D eigenvalue weighted by molar-refractivity contribution is -0.113. The summed E-state index contributed by atoms with van der Waals surface area (Å²) in [5.41, 5.74) is 10.7. The summed E-state index contributed by atoms with van der Waals surface area (Å²) >= 11 is 3.04. The summed E-state index contributed by atoms with van der Waals surface area (Å²) in [6.07, 6.45) is 3.47. The number of fused-ring (bicyclic) bond motifs is 1. The smallest absolute Gasteiger partial charge is 0.284 e. The zero-order valence-electron chi connectivity index (χ0n) is 13.5. The molecule has 0 unspecified atom stereocenters. The third-order valence-electron chi connectivity index (χ3n) is 3.47. The predicted molar refractivity (Wildman–Crippen MR) is 106 cm³/mol. The highest BCUT2D eigenvalue weighted by Gasteiger charge is 2.13. The number of thiophene rings is 1. The normalized spacial score (nSPS) is 14.8. The second-order valence-corrected chi connectivity index (χ2v) is 7.06. The maximum Gasteiger partial charge on any atom is 0.284 e. The fourth-order valence-corrected chi connectivity index (χ4v) is 3.53. The molecule has 0 aliphatic carbocycles. The van der Waals surface area contributed by atoms with Crippen molar-refractivity contribution in [3.8, 4) is 0 Å². The van der Waals surface area contributed by atoms with E-state index in [1.165, 1.54) is 27.7 Å². The van der Waals surface area contributed by atoms with E-state index in [2.05, 4.69) is 33.3 Å². The molecular formula is C18H16N4OS2. The molecule has 0 radical (unpaired) electrons. The minimum Gasteiger partial charge on any atom is -0.326 e. The van der Waals surface area contributed by atoms with Crippen molar-refractivity contribution >= 4 is 51.7 Å². The van der Waals surface area contributed by atoms with Gasteiger partial charge in [-0.2, -0.15) is 0 Å². The minimum atomic E-state index is -0.205. The molecule has 1 amide bonds. The molecule has 0 bridgehead atoms. The van der Waals surface area contributed by atoms with Gasteiger partial charge in [0.05, 0.1) is 27.2 Å². The van der Waals surface area contributed by atoms with Crippen LogP contribution < -0.4 is 5.73 Å². The van der Waals surface area contributed by atoms with E-state index in [1.54, 1.807) is 23.6 Å². The number of amides is 1. The van der Waals surface area contributed by atoms with E-state index in [-0.39, 0.29) is 5.91 Å². The number of carbonyl (C=O) groups is 1. The van der Waals surface area contributed by atoms with E-state index in [0.29, 0.717) is 11.4 Å². The third kappa shape index (κ3) is 4.39. The van der Waals surface area contributed by atoms with Crippen LogP contribution in [0.5, 0.6) is 0 Å². The highest BCUT2D eigenvalue weighted by Crippen LogP contribution is 2.23. The number of nitrogens with zero attached hydrogens (tertiary/aromatic N) is 3. The lowest BCUT2D eigenvalue weighted by Gasteiger charge is -1.98. The number of aryl methyl sites for hydroxylation is 1. The summed E-state index contributed by atoms with van der Waals surface area (Å²) < 4.78 is 0. The molecule has 25 heavy (non-hydrogen) atoms. The quantitative estimate of drug-likeness (QED) is 0.696. The van der Waals surface area contributed by atoms with Gasteiger partial charge in [0.1, 0.15) is 0 Å². The first-order valence-corrected chi connectivity index (χ1v) is 9.33. The van der Waals surface area contributed by atoms with Crippen LogP contribution in [0.4, 0.5) is 0 Å². The third-order valence-corrected chi connectivity index (χ3v) is 5.27. The van der Waals surface area contributed by atoms with Crippen LogP contribution in [-0.2, 0) is 11.3 Å². The fraction of sp³-hybridized carbons (Fsp3) is 0.111.